The van der Waals surface area contributed by atoms with E-state index in [1.54, 1.807) is 0 Å². The number of pyridine rings is 1. The van der Waals surface area contributed by atoms with Crippen molar-refractivity contribution in [1.29, 1.82) is 0 Å². The molecule has 0 amide bonds. The zero-order valence-electron chi connectivity index (χ0n) is 12.0. The van der Waals surface area contributed by atoms with Crippen LogP contribution in [0.1, 0.15) is 5.69 Å². The van der Waals surface area contributed by atoms with Gasteiger partial charge in [-0.25, -0.2) is 4.39 Å². The second kappa shape index (κ2) is 5.77. The van der Waals surface area contributed by atoms with Crippen LogP contribution in [-0.2, 0) is 13.2 Å². The van der Waals surface area contributed by atoms with Gasteiger partial charge in [0.05, 0.1) is 23.4 Å². The smallest absolute Gasteiger partial charge is 0.431 e. The Kier molecular flexibility index (Phi) is 4.30. The molecule has 0 aliphatic carbocycles. The second-order valence-electron chi connectivity index (χ2n) is 4.66. The number of nitrogens with two attached hydrogens (primary N) is 1. The summed E-state index contributed by atoms with van der Waals surface area (Å²) >= 11 is 5.77. The molecule has 0 aliphatic heterocycles. The molecule has 124 valence electrons. The molecule has 0 saturated heterocycles. The Morgan fingerprint density at radius 1 is 1.30 bits per heavy atom. The number of alkyl halides is 3. The summed E-state index contributed by atoms with van der Waals surface area (Å²) in [6, 6.07) is 2.42. The van der Waals surface area contributed by atoms with Gasteiger partial charge in [-0.05, 0) is 18.2 Å². The van der Waals surface area contributed by atoms with Crippen LogP contribution in [0.25, 0.3) is 11.1 Å². The molecule has 0 fully saturated rings. The largest absolute Gasteiger partial charge is 0.493 e. The molecule has 0 spiro atoms. The molecule has 1 aromatic heterocycles. The summed E-state index contributed by atoms with van der Waals surface area (Å²) < 4.78 is 57.9. The highest BCUT2D eigenvalue weighted by Crippen LogP contribution is 2.40. The Hall–Kier alpha value is -2.22. The van der Waals surface area contributed by atoms with E-state index in [1.165, 1.54) is 7.11 Å². The number of aromatic nitrogens is 1. The van der Waals surface area contributed by atoms with Crippen LogP contribution in [0.4, 0.5) is 23.2 Å². The van der Waals surface area contributed by atoms with Gasteiger partial charge in [0.25, 0.3) is 5.56 Å². The van der Waals surface area contributed by atoms with Crippen molar-refractivity contribution in [3.63, 3.8) is 0 Å². The summed E-state index contributed by atoms with van der Waals surface area (Å²) in [4.78, 5) is 12.2. The summed E-state index contributed by atoms with van der Waals surface area (Å²) in [5, 5.41) is -0.116. The molecule has 1 aromatic carbocycles. The third-order valence-corrected chi connectivity index (χ3v) is 3.57. The van der Waals surface area contributed by atoms with Crippen LogP contribution < -0.4 is 16.0 Å². The number of methoxy groups -OCH3 is 1. The molecule has 2 aromatic rings. The van der Waals surface area contributed by atoms with Crippen molar-refractivity contribution in [3.05, 3.63) is 45.1 Å². The number of hydrogen-bond donors (Lipinski definition) is 1. The maximum atomic E-state index is 14.2. The van der Waals surface area contributed by atoms with Crippen LogP contribution in [0.15, 0.2) is 23.0 Å². The lowest BCUT2D eigenvalue weighted by atomic mass is 10.0. The van der Waals surface area contributed by atoms with Gasteiger partial charge in [-0.3, -0.25) is 4.79 Å². The standard InChI is InChI=1S/C14H11ClF4N2O2/c1-21-9(14(17,18)19)4-3-6(13(21)22)10-8(16)5-7(15)12(23-2)11(10)20/h3-5H,20H2,1-2H3. The number of nitrogen functional groups attached to an aromatic ring is 1. The first-order chi connectivity index (χ1) is 10.6. The number of hydrogen-bond acceptors (Lipinski definition) is 3. The van der Waals surface area contributed by atoms with Gasteiger partial charge in [-0.15, -0.1) is 0 Å². The molecule has 0 radical (unpaired) electrons. The summed E-state index contributed by atoms with van der Waals surface area (Å²) in [6.45, 7) is 0. The van der Waals surface area contributed by atoms with E-state index in [2.05, 4.69) is 0 Å². The zero-order chi connectivity index (χ0) is 17.5. The summed E-state index contributed by atoms with van der Waals surface area (Å²) in [6.07, 6.45) is -4.71. The first-order valence-corrected chi connectivity index (χ1v) is 6.56. The maximum absolute atomic E-state index is 14.2. The van der Waals surface area contributed by atoms with E-state index in [4.69, 9.17) is 22.1 Å². The van der Waals surface area contributed by atoms with Gasteiger partial charge in [-0.2, -0.15) is 13.2 Å². The zero-order valence-corrected chi connectivity index (χ0v) is 12.7. The molecular weight excluding hydrogens is 340 g/mol. The summed E-state index contributed by atoms with van der Waals surface area (Å²) in [7, 11) is 2.18. The number of rotatable bonds is 2. The van der Waals surface area contributed by atoms with Crippen molar-refractivity contribution in [2.24, 2.45) is 7.05 Å². The van der Waals surface area contributed by atoms with Gasteiger partial charge in [0.15, 0.2) is 5.75 Å². The lowest BCUT2D eigenvalue weighted by Gasteiger charge is -2.16. The van der Waals surface area contributed by atoms with Crippen molar-refractivity contribution in [2.75, 3.05) is 12.8 Å². The van der Waals surface area contributed by atoms with Crippen LogP contribution in [0.5, 0.6) is 5.75 Å². The fourth-order valence-electron chi connectivity index (χ4n) is 2.21. The molecule has 4 nitrogen and oxygen atoms in total. The molecule has 1 heterocycles. The minimum atomic E-state index is -4.71. The third-order valence-electron chi connectivity index (χ3n) is 3.29. The summed E-state index contributed by atoms with van der Waals surface area (Å²) in [5.41, 5.74) is 2.59. The number of nitrogens with zero attached hydrogens (tertiary/aromatic N) is 1. The molecule has 0 aliphatic rings. The highest BCUT2D eigenvalue weighted by atomic mass is 35.5. The summed E-state index contributed by atoms with van der Waals surface area (Å²) in [5.74, 6) is -1.00. The van der Waals surface area contributed by atoms with E-state index in [1.807, 2.05) is 0 Å². The van der Waals surface area contributed by atoms with Crippen LogP contribution in [-0.4, -0.2) is 11.7 Å². The Labute approximate surface area is 133 Å². The van der Waals surface area contributed by atoms with Crippen molar-refractivity contribution in [2.45, 2.75) is 6.18 Å². The van der Waals surface area contributed by atoms with Crippen LogP contribution in [0, 0.1) is 5.82 Å². The van der Waals surface area contributed by atoms with Crippen molar-refractivity contribution >= 4 is 17.3 Å². The van der Waals surface area contributed by atoms with Gasteiger partial charge in [0, 0.05) is 12.6 Å². The molecule has 0 atom stereocenters. The Morgan fingerprint density at radius 2 is 1.91 bits per heavy atom. The average molecular weight is 351 g/mol. The number of ether oxygens (including phenoxy) is 1. The van der Waals surface area contributed by atoms with Gasteiger partial charge >= 0.3 is 6.18 Å². The van der Waals surface area contributed by atoms with E-state index in [-0.39, 0.29) is 27.6 Å². The van der Waals surface area contributed by atoms with E-state index < -0.39 is 23.2 Å². The molecule has 23 heavy (non-hydrogen) atoms. The maximum Gasteiger partial charge on any atom is 0.431 e. The quantitative estimate of drug-likeness (QED) is 0.666. The van der Waals surface area contributed by atoms with E-state index >= 15 is 0 Å². The van der Waals surface area contributed by atoms with Crippen LogP contribution >= 0.6 is 11.6 Å². The van der Waals surface area contributed by atoms with E-state index in [0.717, 1.165) is 19.2 Å². The highest BCUT2D eigenvalue weighted by molar-refractivity contribution is 6.32. The van der Waals surface area contributed by atoms with Crippen molar-refractivity contribution in [3.8, 4) is 16.9 Å². The molecule has 9 heteroatoms. The van der Waals surface area contributed by atoms with Crippen molar-refractivity contribution < 1.29 is 22.3 Å². The van der Waals surface area contributed by atoms with Crippen LogP contribution in [0.3, 0.4) is 0 Å². The normalized spacial score (nSPS) is 11.6. The topological polar surface area (TPSA) is 57.2 Å². The number of anilines is 1. The Balaban J connectivity index is 2.80. The predicted octanol–water partition coefficient (Wildman–Crippen LogP) is 3.45. The first-order valence-electron chi connectivity index (χ1n) is 6.18. The fourth-order valence-corrected chi connectivity index (χ4v) is 2.49. The minimum Gasteiger partial charge on any atom is -0.493 e. The van der Waals surface area contributed by atoms with Crippen LogP contribution in [0.2, 0.25) is 5.02 Å². The molecule has 0 bridgehead atoms. The highest BCUT2D eigenvalue weighted by Gasteiger charge is 2.34. The van der Waals surface area contributed by atoms with Gasteiger partial charge < -0.3 is 15.0 Å². The van der Waals surface area contributed by atoms with E-state index in [0.29, 0.717) is 10.6 Å². The molecule has 0 saturated carbocycles. The molecule has 2 rings (SSSR count). The lowest BCUT2D eigenvalue weighted by molar-refractivity contribution is -0.143. The average Bonchev–Trinajstić information content (AvgIpc) is 2.42. The van der Waals surface area contributed by atoms with Gasteiger partial charge in [0.2, 0.25) is 0 Å². The van der Waals surface area contributed by atoms with Crippen molar-refractivity contribution in [1.82, 2.24) is 4.57 Å². The lowest BCUT2D eigenvalue weighted by Crippen LogP contribution is -2.26. The van der Waals surface area contributed by atoms with Gasteiger partial charge in [0.1, 0.15) is 11.5 Å². The fraction of sp³-hybridized carbons (Fsp3) is 0.214. The molecular formula is C14H11ClF4N2O2. The Bertz CT molecular complexity index is 831. The van der Waals surface area contributed by atoms with E-state index in [9.17, 15) is 22.4 Å². The number of benzene rings is 1. The first kappa shape index (κ1) is 17.1. The monoisotopic (exact) mass is 350 g/mol. The molecule has 0 unspecified atom stereocenters. The number of halogens is 5. The minimum absolute atomic E-state index is 0.0648. The third kappa shape index (κ3) is 2.86. The predicted molar refractivity (Wildman–Crippen MR) is 78.1 cm³/mol. The SMILES string of the molecule is COc1c(Cl)cc(F)c(-c2ccc(C(F)(F)F)n(C)c2=O)c1N. The van der Waals surface area contributed by atoms with Gasteiger partial charge in [-0.1, -0.05) is 11.6 Å². The second-order valence-corrected chi connectivity index (χ2v) is 5.06. The Morgan fingerprint density at radius 3 is 2.43 bits per heavy atom. The molecule has 2 N–H and O–H groups in total.